The Morgan fingerprint density at radius 2 is 1.41 bits per heavy atom. The van der Waals surface area contributed by atoms with Crippen molar-refractivity contribution in [3.05, 3.63) is 65.2 Å². The molecule has 0 radical (unpaired) electrons. The highest BCUT2D eigenvalue weighted by Gasteiger charge is 2.42. The van der Waals surface area contributed by atoms with Crippen LogP contribution in [0.15, 0.2) is 48.5 Å². The third-order valence-corrected chi connectivity index (χ3v) is 9.86. The predicted molar refractivity (Wildman–Crippen MR) is 181 cm³/mol. The van der Waals surface area contributed by atoms with Crippen LogP contribution in [0.2, 0.25) is 0 Å². The first-order chi connectivity index (χ1) is 21.1. The average Bonchev–Trinajstić information content (AvgIpc) is 3.15. The van der Waals surface area contributed by atoms with Crippen molar-refractivity contribution in [3.63, 3.8) is 0 Å². The Kier molecular flexibility index (Phi) is 11.9. The first-order valence-corrected chi connectivity index (χ1v) is 17.0. The van der Waals surface area contributed by atoms with E-state index in [9.17, 15) is 10.1 Å². The second kappa shape index (κ2) is 15.6. The van der Waals surface area contributed by atoms with Crippen molar-refractivity contribution in [1.29, 1.82) is 5.26 Å². The van der Waals surface area contributed by atoms with Crippen molar-refractivity contribution in [2.24, 2.45) is 5.92 Å². The zero-order chi connectivity index (χ0) is 31.7. The molecule has 2 amide bonds. The van der Waals surface area contributed by atoms with Gasteiger partial charge in [-0.15, -0.1) is 0 Å². The van der Waals surface area contributed by atoms with E-state index in [0.29, 0.717) is 0 Å². The number of benzene rings is 2. The van der Waals surface area contributed by atoms with Gasteiger partial charge in [-0.3, -0.25) is 19.4 Å². The largest absolute Gasteiger partial charge is 0.352 e. The number of nitrogens with zero attached hydrogens (tertiary/aromatic N) is 3. The van der Waals surface area contributed by atoms with Crippen molar-refractivity contribution >= 4 is 17.5 Å². The molecule has 0 spiro atoms. The summed E-state index contributed by atoms with van der Waals surface area (Å²) < 4.78 is 0. The smallest absolute Gasteiger partial charge is 0.255 e. The third-order valence-electron chi connectivity index (χ3n) is 9.86. The maximum Gasteiger partial charge on any atom is 0.255 e. The minimum atomic E-state index is -0.843. The van der Waals surface area contributed by atoms with E-state index < -0.39 is 12.1 Å². The van der Waals surface area contributed by atoms with Crippen LogP contribution in [0.4, 0.5) is 5.69 Å². The van der Waals surface area contributed by atoms with Gasteiger partial charge in [-0.2, -0.15) is 5.26 Å². The lowest BCUT2D eigenvalue weighted by Gasteiger charge is -2.40. The fourth-order valence-corrected chi connectivity index (χ4v) is 7.19. The maximum absolute atomic E-state index is 15.1. The summed E-state index contributed by atoms with van der Waals surface area (Å²) in [4.78, 5) is 33.0. The van der Waals surface area contributed by atoms with Crippen LogP contribution in [-0.2, 0) is 15.0 Å². The van der Waals surface area contributed by atoms with Gasteiger partial charge in [0.05, 0.1) is 0 Å². The quantitative estimate of drug-likeness (QED) is 0.243. The van der Waals surface area contributed by atoms with Gasteiger partial charge in [0.25, 0.3) is 5.91 Å². The Labute approximate surface area is 267 Å². The average molecular weight is 601 g/mol. The minimum absolute atomic E-state index is 0. The highest BCUT2D eigenvalue weighted by molar-refractivity contribution is 6.04. The second-order valence-electron chi connectivity index (χ2n) is 14.2. The highest BCUT2D eigenvalue weighted by atomic mass is 16.2. The molecule has 0 heterocycles. The summed E-state index contributed by atoms with van der Waals surface area (Å²) in [6.07, 6.45) is 16.4. The Hall–Kier alpha value is -3.33. The van der Waals surface area contributed by atoms with Gasteiger partial charge in [0.2, 0.25) is 5.91 Å². The molecule has 0 aliphatic heterocycles. The number of carbonyl (C=O) groups excluding carboxylic acids is 2. The van der Waals surface area contributed by atoms with Gasteiger partial charge in [0.15, 0.2) is 6.19 Å². The fourth-order valence-electron chi connectivity index (χ4n) is 7.19. The van der Waals surface area contributed by atoms with E-state index in [4.69, 9.17) is 0 Å². The van der Waals surface area contributed by atoms with Crippen molar-refractivity contribution in [1.82, 2.24) is 10.2 Å². The summed E-state index contributed by atoms with van der Waals surface area (Å²) >= 11 is 0. The highest BCUT2D eigenvalue weighted by Crippen LogP contribution is 2.36. The summed E-state index contributed by atoms with van der Waals surface area (Å²) in [7, 11) is 1.67. The first-order valence-electron chi connectivity index (χ1n) is 17.0. The predicted octanol–water partition coefficient (Wildman–Crippen LogP) is 8.59. The van der Waals surface area contributed by atoms with E-state index in [2.05, 4.69) is 44.4 Å². The van der Waals surface area contributed by atoms with Crippen LogP contribution in [0.1, 0.15) is 128 Å². The van der Waals surface area contributed by atoms with Gasteiger partial charge in [-0.25, -0.2) is 0 Å². The fraction of sp³-hybridized carbons (Fsp3) is 0.605. The Balaban J connectivity index is 0.00000552. The Bertz CT molecular complexity index is 1270. The standard InChI is InChI=1S/C38H54N4O2.H2/c1-28-17-15-16-22-33(28)35(41(5)27-39)37(44)42(32-25-23-30(24-26-32)38(2,3)4)34(29-18-11-8-6-7-9-12-19-29)36(43)40-31-20-13-10-14-21-31;/h15-17,22-26,29,31,34-35H,6-14,18-21H2,1-5H3,(H,40,43);1H/t34?,35-;/m1./s1. The van der Waals surface area contributed by atoms with Crippen LogP contribution < -0.4 is 10.2 Å². The Morgan fingerprint density at radius 3 is 1.98 bits per heavy atom. The number of likely N-dealkylation sites (N-methyl/N-ethyl adjacent to an activating group) is 1. The second-order valence-corrected chi connectivity index (χ2v) is 14.2. The molecular formula is C38H56N4O2. The third kappa shape index (κ3) is 8.43. The molecule has 2 aromatic rings. The maximum atomic E-state index is 15.1. The molecule has 4 rings (SSSR count). The van der Waals surface area contributed by atoms with Crippen molar-refractivity contribution in [3.8, 4) is 6.19 Å². The molecule has 0 bridgehead atoms. The molecule has 2 aliphatic rings. The van der Waals surface area contributed by atoms with Crippen LogP contribution in [0.3, 0.4) is 0 Å². The zero-order valence-electron chi connectivity index (χ0n) is 27.8. The number of amides is 2. The van der Waals surface area contributed by atoms with Gasteiger partial charge >= 0.3 is 0 Å². The van der Waals surface area contributed by atoms with Crippen molar-refractivity contribution < 1.29 is 11.0 Å². The molecule has 0 saturated heterocycles. The number of anilines is 1. The first kappa shape index (κ1) is 33.6. The molecule has 240 valence electrons. The molecule has 1 N–H and O–H groups in total. The molecular weight excluding hydrogens is 544 g/mol. The molecule has 6 nitrogen and oxygen atoms in total. The summed E-state index contributed by atoms with van der Waals surface area (Å²) in [6, 6.07) is 14.6. The SMILES string of the molecule is Cc1ccccc1[C@H](C(=O)N(c1ccc(C(C)(C)C)cc1)C(C(=O)NC1CCCCC1)C1CCCCCCCC1)N(C)C#N.[HH]. The molecule has 2 aliphatic carbocycles. The molecule has 1 unspecified atom stereocenters. The van der Waals surface area contributed by atoms with E-state index in [1.165, 1.54) is 29.7 Å². The van der Waals surface area contributed by atoms with E-state index in [-0.39, 0.29) is 30.6 Å². The lowest BCUT2D eigenvalue weighted by atomic mass is 9.85. The number of hydrogen-bond acceptors (Lipinski definition) is 4. The van der Waals surface area contributed by atoms with Crippen LogP contribution in [0, 0.1) is 24.3 Å². The van der Waals surface area contributed by atoms with Crippen LogP contribution in [-0.4, -0.2) is 35.8 Å². The summed E-state index contributed by atoms with van der Waals surface area (Å²) in [5.41, 5.74) is 3.58. The lowest BCUT2D eigenvalue weighted by molar-refractivity contribution is -0.130. The molecule has 2 atom stereocenters. The van der Waals surface area contributed by atoms with Gasteiger partial charge in [0.1, 0.15) is 12.1 Å². The van der Waals surface area contributed by atoms with Crippen LogP contribution in [0.25, 0.3) is 0 Å². The van der Waals surface area contributed by atoms with Gasteiger partial charge in [-0.1, -0.05) is 115 Å². The normalized spacial score (nSPS) is 18.5. The molecule has 44 heavy (non-hydrogen) atoms. The van der Waals surface area contributed by atoms with E-state index in [1.54, 1.807) is 11.9 Å². The molecule has 6 heteroatoms. The van der Waals surface area contributed by atoms with Crippen molar-refractivity contribution in [2.75, 3.05) is 11.9 Å². The van der Waals surface area contributed by atoms with Crippen molar-refractivity contribution in [2.45, 2.75) is 135 Å². The monoisotopic (exact) mass is 600 g/mol. The number of nitrogens with one attached hydrogen (secondary N) is 1. The number of aryl methyl sites for hydroxylation is 1. The Morgan fingerprint density at radius 1 is 0.864 bits per heavy atom. The van der Waals surface area contributed by atoms with E-state index in [1.807, 2.05) is 43.3 Å². The molecule has 2 fully saturated rings. The topological polar surface area (TPSA) is 76.4 Å². The summed E-state index contributed by atoms with van der Waals surface area (Å²) in [6.45, 7) is 8.52. The van der Waals surface area contributed by atoms with E-state index in [0.717, 1.165) is 81.0 Å². The summed E-state index contributed by atoms with van der Waals surface area (Å²) in [5, 5.41) is 13.6. The minimum Gasteiger partial charge on any atom is -0.352 e. The number of carbonyl (C=O) groups is 2. The summed E-state index contributed by atoms with van der Waals surface area (Å²) in [5.74, 6) is -0.235. The zero-order valence-corrected chi connectivity index (χ0v) is 27.8. The molecule has 2 saturated carbocycles. The number of nitriles is 1. The molecule has 2 aromatic carbocycles. The molecule has 0 aromatic heterocycles. The van der Waals surface area contributed by atoms with Gasteiger partial charge < -0.3 is 5.32 Å². The number of hydrogen-bond donors (Lipinski definition) is 1. The number of rotatable bonds is 8. The van der Waals surface area contributed by atoms with Gasteiger partial charge in [0, 0.05) is 20.2 Å². The van der Waals surface area contributed by atoms with E-state index >= 15 is 4.79 Å². The van der Waals surface area contributed by atoms with Gasteiger partial charge in [-0.05, 0) is 72.8 Å². The lowest BCUT2D eigenvalue weighted by Crippen LogP contribution is -2.57. The van der Waals surface area contributed by atoms with Crippen LogP contribution >= 0.6 is 0 Å². The van der Waals surface area contributed by atoms with Crippen LogP contribution in [0.5, 0.6) is 0 Å².